The van der Waals surface area contributed by atoms with E-state index in [2.05, 4.69) is 38.4 Å². The Morgan fingerprint density at radius 3 is 2.71 bits per heavy atom. The molecule has 3 aromatic heterocycles. The highest BCUT2D eigenvalue weighted by Crippen LogP contribution is 2.23. The van der Waals surface area contributed by atoms with Crippen molar-refractivity contribution in [3.8, 4) is 5.75 Å². The number of benzene rings is 2. The van der Waals surface area contributed by atoms with E-state index < -0.39 is 0 Å². The zero-order valence-corrected chi connectivity index (χ0v) is 18.5. The molecule has 0 aliphatic carbocycles. The lowest BCUT2D eigenvalue weighted by molar-refractivity contribution is 0.257. The Labute approximate surface area is 197 Å². The van der Waals surface area contributed by atoms with Gasteiger partial charge >= 0.3 is 0 Å². The second-order valence-electron chi connectivity index (χ2n) is 7.84. The maximum absolute atomic E-state index is 9.79. The van der Waals surface area contributed by atoms with Gasteiger partial charge < -0.3 is 14.8 Å². The number of hydrogen-bond donors (Lipinski definition) is 3. The van der Waals surface area contributed by atoms with Gasteiger partial charge in [0.25, 0.3) is 0 Å². The van der Waals surface area contributed by atoms with Crippen LogP contribution in [0.2, 0.25) is 0 Å². The minimum atomic E-state index is -0.107. The second-order valence-corrected chi connectivity index (χ2v) is 7.84. The molecule has 5 rings (SSSR count). The lowest BCUT2D eigenvalue weighted by atomic mass is 10.1. The molecule has 3 N–H and O–H groups in total. The molecule has 0 saturated heterocycles. The third-order valence-corrected chi connectivity index (χ3v) is 5.48. The number of rotatable bonds is 8. The zero-order chi connectivity index (χ0) is 23.2. The molecule has 0 atom stereocenters. The first-order chi connectivity index (χ1) is 16.8. The Morgan fingerprint density at radius 2 is 1.82 bits per heavy atom. The molecule has 0 unspecified atom stereocenters. The van der Waals surface area contributed by atoms with Crippen molar-refractivity contribution < 1.29 is 9.84 Å². The van der Waals surface area contributed by atoms with Crippen LogP contribution in [0.15, 0.2) is 79.1 Å². The molecule has 168 valence electrons. The minimum Gasteiger partial charge on any atom is -0.487 e. The number of ether oxygens (including phenoxy) is 1. The molecule has 3 heterocycles. The van der Waals surface area contributed by atoms with Crippen molar-refractivity contribution >= 4 is 35.2 Å². The van der Waals surface area contributed by atoms with E-state index in [4.69, 9.17) is 4.74 Å². The third-order valence-electron chi connectivity index (χ3n) is 5.48. The number of aromatic nitrogens is 4. The number of hydrogen-bond acceptors (Lipinski definition) is 4. The average molecular weight is 449 g/mol. The largest absolute Gasteiger partial charge is 0.487 e. The molecule has 0 saturated carbocycles. The van der Waals surface area contributed by atoms with Gasteiger partial charge in [-0.05, 0) is 59.7 Å². The van der Waals surface area contributed by atoms with Crippen LogP contribution >= 0.6 is 0 Å². The zero-order valence-electron chi connectivity index (χ0n) is 18.5. The normalized spacial score (nSPS) is 11.7. The topological polar surface area (TPSA) is 86.8 Å². The van der Waals surface area contributed by atoms with Gasteiger partial charge in [-0.25, -0.2) is 0 Å². The molecule has 6 nitrogen and oxygen atoms in total. The summed E-state index contributed by atoms with van der Waals surface area (Å²) in [6, 6.07) is 21.6. The molecule has 6 heteroatoms. The summed E-state index contributed by atoms with van der Waals surface area (Å²) in [7, 11) is 0. The Kier molecular flexibility index (Phi) is 6.31. The molecule has 34 heavy (non-hydrogen) atoms. The van der Waals surface area contributed by atoms with Crippen LogP contribution in [0.5, 0.6) is 5.75 Å². The van der Waals surface area contributed by atoms with Gasteiger partial charge in [0.15, 0.2) is 0 Å². The summed E-state index contributed by atoms with van der Waals surface area (Å²) in [6.07, 6.45) is 11.7. The van der Waals surface area contributed by atoms with Gasteiger partial charge in [-0.2, -0.15) is 5.10 Å². The first kappa shape index (κ1) is 21.4. The lowest BCUT2D eigenvalue weighted by Crippen LogP contribution is -2.00. The second kappa shape index (κ2) is 10.0. The van der Waals surface area contributed by atoms with Gasteiger partial charge in [0.05, 0.1) is 23.7 Å². The first-order valence-electron chi connectivity index (χ1n) is 11.0. The molecule has 0 amide bonds. The minimum absolute atomic E-state index is 0.107. The summed E-state index contributed by atoms with van der Waals surface area (Å²) < 4.78 is 5.85. The van der Waals surface area contributed by atoms with Crippen LogP contribution in [0, 0.1) is 0 Å². The van der Waals surface area contributed by atoms with Gasteiger partial charge in [0.2, 0.25) is 0 Å². The van der Waals surface area contributed by atoms with E-state index in [1.807, 2.05) is 79.0 Å². The van der Waals surface area contributed by atoms with Gasteiger partial charge in [-0.15, -0.1) is 0 Å². The fourth-order valence-corrected chi connectivity index (χ4v) is 3.72. The van der Waals surface area contributed by atoms with Gasteiger partial charge in [0.1, 0.15) is 12.4 Å². The summed E-state index contributed by atoms with van der Waals surface area (Å²) in [5.74, 6) is 0.648. The van der Waals surface area contributed by atoms with Crippen LogP contribution < -0.4 is 4.74 Å². The monoisotopic (exact) mass is 448 g/mol. The number of nitrogens with zero attached hydrogens (tertiary/aromatic N) is 2. The molecule has 5 aromatic rings. The van der Waals surface area contributed by atoms with Gasteiger partial charge in [-0.1, -0.05) is 42.5 Å². The predicted octanol–water partition coefficient (Wildman–Crippen LogP) is 5.70. The molecular formula is C28H24N4O2. The maximum Gasteiger partial charge on any atom is 0.130 e. The number of H-pyrrole nitrogens is 2. The van der Waals surface area contributed by atoms with E-state index in [-0.39, 0.29) is 6.61 Å². The summed E-state index contributed by atoms with van der Waals surface area (Å²) in [5.41, 5.74) is 6.49. The fraction of sp³-hybridized carbons (Fsp3) is 0.0714. The molecule has 0 aliphatic heterocycles. The van der Waals surface area contributed by atoms with Crippen LogP contribution in [0.25, 0.3) is 35.2 Å². The number of aliphatic hydroxyl groups excluding tert-OH is 1. The Bertz CT molecular complexity index is 1450. The average Bonchev–Trinajstić information content (AvgIpc) is 3.52. The van der Waals surface area contributed by atoms with Crippen molar-refractivity contribution in [1.29, 1.82) is 0 Å². The van der Waals surface area contributed by atoms with Crippen molar-refractivity contribution in [3.63, 3.8) is 0 Å². The van der Waals surface area contributed by atoms with E-state index in [0.717, 1.165) is 39.3 Å². The summed E-state index contributed by atoms with van der Waals surface area (Å²) >= 11 is 0. The summed E-state index contributed by atoms with van der Waals surface area (Å²) in [5, 5.41) is 18.4. The van der Waals surface area contributed by atoms with Gasteiger partial charge in [-0.3, -0.25) is 10.1 Å². The molecule has 0 aliphatic rings. The van der Waals surface area contributed by atoms with Gasteiger partial charge in [0, 0.05) is 28.9 Å². The summed E-state index contributed by atoms with van der Waals surface area (Å²) in [4.78, 5) is 7.54. The van der Waals surface area contributed by atoms with E-state index in [1.54, 1.807) is 6.20 Å². The van der Waals surface area contributed by atoms with Crippen LogP contribution in [-0.2, 0) is 13.2 Å². The maximum atomic E-state index is 9.79. The van der Waals surface area contributed by atoms with E-state index in [1.165, 1.54) is 5.39 Å². The SMILES string of the molecule is OCc1cc(/C=C/c2cc(/C=C/c3c[nH]c4ccccc34)[nH]n2)ccc1OCc1ccccn1. The Hall–Kier alpha value is -4.42. The van der Waals surface area contributed by atoms with Crippen molar-refractivity contribution in [3.05, 3.63) is 113 Å². The number of aromatic amines is 2. The quantitative estimate of drug-likeness (QED) is 0.284. The highest BCUT2D eigenvalue weighted by atomic mass is 16.5. The van der Waals surface area contributed by atoms with Crippen molar-refractivity contribution in [2.75, 3.05) is 0 Å². The van der Waals surface area contributed by atoms with Crippen LogP contribution in [0.1, 0.15) is 33.8 Å². The molecular weight excluding hydrogens is 424 g/mol. The predicted molar refractivity (Wildman–Crippen MR) is 136 cm³/mol. The third kappa shape index (κ3) is 4.98. The molecule has 0 radical (unpaired) electrons. The number of fused-ring (bicyclic) bond motifs is 1. The number of pyridine rings is 1. The Balaban J connectivity index is 1.25. The number of aliphatic hydroxyl groups is 1. The Morgan fingerprint density at radius 1 is 0.912 bits per heavy atom. The van der Waals surface area contributed by atoms with Crippen LogP contribution in [0.3, 0.4) is 0 Å². The highest BCUT2D eigenvalue weighted by Gasteiger charge is 2.05. The standard InChI is InChI=1S/C28H24N4O2/c33-18-22-15-20(9-13-28(22)34-19-25-5-3-4-14-29-25)8-11-23-16-24(32-31-23)12-10-21-17-30-27-7-2-1-6-26(21)27/h1-17,30,33H,18-19H2,(H,31,32)/b11-8+,12-10+. The summed E-state index contributed by atoms with van der Waals surface area (Å²) in [6.45, 7) is 0.246. The highest BCUT2D eigenvalue weighted by molar-refractivity contribution is 5.91. The molecule has 0 fully saturated rings. The van der Waals surface area contributed by atoms with Crippen LogP contribution in [0.4, 0.5) is 0 Å². The van der Waals surface area contributed by atoms with E-state index in [9.17, 15) is 5.11 Å². The van der Waals surface area contributed by atoms with E-state index in [0.29, 0.717) is 12.4 Å². The van der Waals surface area contributed by atoms with Crippen molar-refractivity contribution in [1.82, 2.24) is 20.2 Å². The number of nitrogens with one attached hydrogen (secondary N) is 2. The van der Waals surface area contributed by atoms with Crippen LogP contribution in [-0.4, -0.2) is 25.3 Å². The fourth-order valence-electron chi connectivity index (χ4n) is 3.72. The van der Waals surface area contributed by atoms with Crippen molar-refractivity contribution in [2.45, 2.75) is 13.2 Å². The smallest absolute Gasteiger partial charge is 0.130 e. The molecule has 0 bridgehead atoms. The molecule has 2 aromatic carbocycles. The van der Waals surface area contributed by atoms with Crippen molar-refractivity contribution in [2.24, 2.45) is 0 Å². The lowest BCUT2D eigenvalue weighted by Gasteiger charge is -2.10. The first-order valence-corrected chi connectivity index (χ1v) is 11.0. The molecule has 0 spiro atoms. The number of para-hydroxylation sites is 1. The van der Waals surface area contributed by atoms with E-state index >= 15 is 0 Å².